The molecule has 7 nitrogen and oxygen atoms in total. The van der Waals surface area contributed by atoms with E-state index in [1.54, 1.807) is 0 Å². The maximum absolute atomic E-state index is 11.3. The van der Waals surface area contributed by atoms with Gasteiger partial charge in [0, 0.05) is 27.5 Å². The van der Waals surface area contributed by atoms with Crippen LogP contribution in [0.2, 0.25) is 0 Å². The van der Waals surface area contributed by atoms with Crippen molar-refractivity contribution in [2.45, 2.75) is 6.41 Å². The number of rotatable bonds is 7. The SMILES string of the molecule is COC/C(O)=C(/C=N/C(OC)OC)C(=O)OC. The second-order valence-corrected chi connectivity index (χ2v) is 2.84. The Bertz CT molecular complexity index is 295. The van der Waals surface area contributed by atoms with E-state index in [1.165, 1.54) is 28.4 Å². The van der Waals surface area contributed by atoms with Crippen LogP contribution in [0.4, 0.5) is 0 Å². The lowest BCUT2D eigenvalue weighted by Crippen LogP contribution is -2.15. The molecule has 0 spiro atoms. The number of esters is 1. The Kier molecular flexibility index (Phi) is 7.95. The van der Waals surface area contributed by atoms with Gasteiger partial charge in [0.15, 0.2) is 0 Å². The highest BCUT2D eigenvalue weighted by atomic mass is 16.7. The zero-order chi connectivity index (χ0) is 13.3. The third-order valence-electron chi connectivity index (χ3n) is 1.73. The van der Waals surface area contributed by atoms with E-state index in [4.69, 9.17) is 14.2 Å². The molecule has 0 unspecified atom stereocenters. The predicted molar refractivity (Wildman–Crippen MR) is 59.8 cm³/mol. The second kappa shape index (κ2) is 8.68. The number of hydrogen-bond acceptors (Lipinski definition) is 7. The van der Waals surface area contributed by atoms with E-state index >= 15 is 0 Å². The molecule has 0 radical (unpaired) electrons. The summed E-state index contributed by atoms with van der Waals surface area (Å²) in [5.74, 6) is -1.01. The lowest BCUT2D eigenvalue weighted by atomic mass is 10.2. The summed E-state index contributed by atoms with van der Waals surface area (Å²) in [5, 5.41) is 9.55. The molecule has 17 heavy (non-hydrogen) atoms. The van der Waals surface area contributed by atoms with Crippen molar-refractivity contribution in [1.82, 2.24) is 0 Å². The van der Waals surface area contributed by atoms with Crippen LogP contribution in [0.25, 0.3) is 0 Å². The van der Waals surface area contributed by atoms with E-state index < -0.39 is 12.4 Å². The lowest BCUT2D eigenvalue weighted by Gasteiger charge is -2.08. The number of carbonyl (C=O) groups excluding carboxylic acids is 1. The molecule has 0 aromatic carbocycles. The minimum Gasteiger partial charge on any atom is -0.509 e. The van der Waals surface area contributed by atoms with Crippen molar-refractivity contribution in [2.24, 2.45) is 4.99 Å². The molecule has 0 saturated carbocycles. The van der Waals surface area contributed by atoms with Gasteiger partial charge in [-0.2, -0.15) is 0 Å². The van der Waals surface area contributed by atoms with Crippen LogP contribution in [0.3, 0.4) is 0 Å². The summed E-state index contributed by atoms with van der Waals surface area (Å²) in [6, 6.07) is 0. The largest absolute Gasteiger partial charge is 0.509 e. The molecule has 0 aliphatic heterocycles. The van der Waals surface area contributed by atoms with Gasteiger partial charge in [0.25, 0.3) is 6.41 Å². The molecule has 7 heteroatoms. The minimum atomic E-state index is -0.856. The second-order valence-electron chi connectivity index (χ2n) is 2.84. The molecule has 0 rings (SSSR count). The molecule has 0 amide bonds. The fourth-order valence-electron chi connectivity index (χ4n) is 0.923. The van der Waals surface area contributed by atoms with Gasteiger partial charge in [-0.3, -0.25) is 0 Å². The Balaban J connectivity index is 4.95. The molecule has 0 bridgehead atoms. The topological polar surface area (TPSA) is 86.6 Å². The molecule has 0 atom stereocenters. The Labute approximate surface area is 99.6 Å². The minimum absolute atomic E-state index is 0.117. The van der Waals surface area contributed by atoms with Crippen LogP contribution in [0.15, 0.2) is 16.3 Å². The van der Waals surface area contributed by atoms with Crippen molar-refractivity contribution in [3.63, 3.8) is 0 Å². The first-order valence-corrected chi connectivity index (χ1v) is 4.68. The van der Waals surface area contributed by atoms with Crippen LogP contribution in [0, 0.1) is 0 Å². The Morgan fingerprint density at radius 2 is 1.88 bits per heavy atom. The van der Waals surface area contributed by atoms with Crippen LogP contribution >= 0.6 is 0 Å². The van der Waals surface area contributed by atoms with Crippen molar-refractivity contribution >= 4 is 12.2 Å². The number of nitrogens with zero attached hydrogens (tertiary/aromatic N) is 1. The van der Waals surface area contributed by atoms with E-state index in [0.29, 0.717) is 0 Å². The first-order valence-electron chi connectivity index (χ1n) is 4.68. The lowest BCUT2D eigenvalue weighted by molar-refractivity contribution is -0.135. The maximum Gasteiger partial charge on any atom is 0.342 e. The number of aliphatic hydroxyl groups excluding tert-OH is 1. The fraction of sp³-hybridized carbons (Fsp3) is 0.600. The van der Waals surface area contributed by atoms with Gasteiger partial charge in [0.2, 0.25) is 0 Å². The van der Waals surface area contributed by atoms with E-state index in [9.17, 15) is 9.90 Å². The number of aliphatic hydroxyl groups is 1. The van der Waals surface area contributed by atoms with E-state index in [-0.39, 0.29) is 17.9 Å². The molecule has 1 N–H and O–H groups in total. The number of hydrogen-bond donors (Lipinski definition) is 1. The molecule has 0 aliphatic carbocycles. The molecule has 98 valence electrons. The highest BCUT2D eigenvalue weighted by Gasteiger charge is 2.14. The van der Waals surface area contributed by atoms with Gasteiger partial charge in [0.1, 0.15) is 17.9 Å². The Morgan fingerprint density at radius 3 is 2.29 bits per heavy atom. The van der Waals surface area contributed by atoms with Crippen LogP contribution in [0.1, 0.15) is 0 Å². The Morgan fingerprint density at radius 1 is 1.29 bits per heavy atom. The monoisotopic (exact) mass is 247 g/mol. The molecule has 0 saturated heterocycles. The molecule has 0 fully saturated rings. The number of methoxy groups -OCH3 is 4. The van der Waals surface area contributed by atoms with Crippen molar-refractivity contribution in [2.75, 3.05) is 35.0 Å². The van der Waals surface area contributed by atoms with Gasteiger partial charge >= 0.3 is 5.97 Å². The highest BCUT2D eigenvalue weighted by Crippen LogP contribution is 2.04. The van der Waals surface area contributed by atoms with Gasteiger partial charge in [-0.25, -0.2) is 9.79 Å². The van der Waals surface area contributed by atoms with Gasteiger partial charge in [-0.15, -0.1) is 0 Å². The van der Waals surface area contributed by atoms with Crippen LogP contribution in [-0.2, 0) is 23.7 Å². The summed E-state index contributed by atoms with van der Waals surface area (Å²) in [6.07, 6.45) is 0.253. The van der Waals surface area contributed by atoms with Crippen LogP contribution in [0.5, 0.6) is 0 Å². The predicted octanol–water partition coefficient (Wildman–Crippen LogP) is 0.265. The van der Waals surface area contributed by atoms with Crippen molar-refractivity contribution in [3.8, 4) is 0 Å². The molecule has 0 heterocycles. The van der Waals surface area contributed by atoms with Gasteiger partial charge in [-0.1, -0.05) is 0 Å². The van der Waals surface area contributed by atoms with Gasteiger partial charge in [-0.05, 0) is 0 Å². The van der Waals surface area contributed by atoms with Crippen molar-refractivity contribution in [3.05, 3.63) is 11.3 Å². The van der Waals surface area contributed by atoms with Gasteiger partial charge in [0.05, 0.1) is 7.11 Å². The number of ether oxygens (including phenoxy) is 4. The maximum atomic E-state index is 11.3. The molecule has 0 aliphatic rings. The molecular weight excluding hydrogens is 230 g/mol. The molecule has 0 aromatic heterocycles. The average Bonchev–Trinajstić information content (AvgIpc) is 2.34. The zero-order valence-electron chi connectivity index (χ0n) is 10.3. The van der Waals surface area contributed by atoms with E-state index in [2.05, 4.69) is 9.73 Å². The zero-order valence-corrected chi connectivity index (χ0v) is 10.3. The first-order chi connectivity index (χ1) is 8.10. The molecule has 0 aromatic rings. The third-order valence-corrected chi connectivity index (χ3v) is 1.73. The number of aliphatic imine (C=N–C) groups is 1. The summed E-state index contributed by atoms with van der Waals surface area (Å²) in [4.78, 5) is 15.1. The Hall–Kier alpha value is -1.44. The normalized spacial score (nSPS) is 13.0. The van der Waals surface area contributed by atoms with E-state index in [1.807, 2.05) is 0 Å². The highest BCUT2D eigenvalue weighted by molar-refractivity contribution is 6.09. The number of carbonyl (C=O) groups is 1. The first kappa shape index (κ1) is 15.6. The van der Waals surface area contributed by atoms with Crippen LogP contribution in [-0.4, -0.2) is 58.8 Å². The van der Waals surface area contributed by atoms with Crippen molar-refractivity contribution < 1.29 is 28.8 Å². The quantitative estimate of drug-likeness (QED) is 0.228. The fourth-order valence-corrected chi connectivity index (χ4v) is 0.923. The summed E-state index contributed by atoms with van der Waals surface area (Å²) in [5.41, 5.74) is -0.117. The van der Waals surface area contributed by atoms with E-state index in [0.717, 1.165) is 6.21 Å². The molecular formula is C10H17NO6. The summed E-state index contributed by atoms with van der Waals surface area (Å²) in [7, 11) is 5.36. The summed E-state index contributed by atoms with van der Waals surface area (Å²) >= 11 is 0. The average molecular weight is 247 g/mol. The van der Waals surface area contributed by atoms with Crippen LogP contribution < -0.4 is 0 Å². The van der Waals surface area contributed by atoms with Gasteiger partial charge < -0.3 is 24.1 Å². The van der Waals surface area contributed by atoms with Crippen molar-refractivity contribution in [1.29, 1.82) is 0 Å². The summed E-state index contributed by atoms with van der Waals surface area (Å²) in [6.45, 7) is -0.124. The smallest absolute Gasteiger partial charge is 0.342 e. The third kappa shape index (κ3) is 5.43. The summed E-state index contributed by atoms with van der Waals surface area (Å²) < 4.78 is 18.8. The standard InChI is InChI=1S/C10H17NO6/c1-14-6-8(12)7(9(13)15-2)5-11-10(16-3)17-4/h5,10,12H,6H2,1-4H3/b8-7+,11-5+.